The molecule has 4 aliphatic carbocycles. The molecule has 0 radical (unpaired) electrons. The molecule has 5 nitrogen and oxygen atoms in total. The molecular formula is C30H48O5. The van der Waals surface area contributed by atoms with E-state index in [1.807, 2.05) is 0 Å². The largest absolute Gasteiger partial charge is 0.463 e. The Morgan fingerprint density at radius 2 is 1.60 bits per heavy atom. The highest BCUT2D eigenvalue weighted by molar-refractivity contribution is 5.66. The first-order chi connectivity index (χ1) is 16.6. The Hall–Kier alpha value is -1.39. The smallest absolute Gasteiger partial charge is 0.302 e. The van der Waals surface area contributed by atoms with Crippen molar-refractivity contribution in [3.8, 4) is 0 Å². The number of esters is 2. The fourth-order valence-electron chi connectivity index (χ4n) is 10.1. The molecule has 5 heteroatoms. The van der Waals surface area contributed by atoms with Crippen molar-refractivity contribution < 1.29 is 23.9 Å². The molecular weight excluding hydrogens is 440 g/mol. The van der Waals surface area contributed by atoms with Gasteiger partial charge in [0.2, 0.25) is 0 Å². The molecule has 0 aromatic carbocycles. The third-order valence-corrected chi connectivity index (χ3v) is 11.5. The summed E-state index contributed by atoms with van der Waals surface area (Å²) in [7, 11) is 0. The van der Waals surface area contributed by atoms with E-state index in [4.69, 9.17) is 9.47 Å². The van der Waals surface area contributed by atoms with Gasteiger partial charge >= 0.3 is 11.9 Å². The van der Waals surface area contributed by atoms with E-state index < -0.39 is 0 Å². The summed E-state index contributed by atoms with van der Waals surface area (Å²) in [5, 5.41) is 0. The van der Waals surface area contributed by atoms with E-state index in [1.165, 1.54) is 32.6 Å². The van der Waals surface area contributed by atoms with E-state index >= 15 is 0 Å². The lowest BCUT2D eigenvalue weighted by Gasteiger charge is -2.65. The minimum Gasteiger partial charge on any atom is -0.463 e. The SMILES string of the molecule is CC[C@@H]1C2C[C@H](OC(C)=O)CCC2(C)[C@H]2CCC3(C)C([C@H](C)CCC=O)CC[C@H]3C2[C@@H]1OC(C)=O. The first-order valence-corrected chi connectivity index (χ1v) is 14.3. The van der Waals surface area contributed by atoms with Gasteiger partial charge in [-0.05, 0) is 104 Å². The van der Waals surface area contributed by atoms with Crippen LogP contribution >= 0.6 is 0 Å². The highest BCUT2D eigenvalue weighted by atomic mass is 16.5. The number of rotatable bonds is 7. The molecule has 0 bridgehead atoms. The zero-order valence-electron chi connectivity index (χ0n) is 22.9. The van der Waals surface area contributed by atoms with E-state index in [-0.39, 0.29) is 35.0 Å². The summed E-state index contributed by atoms with van der Waals surface area (Å²) < 4.78 is 12.0. The fraction of sp³-hybridized carbons (Fsp3) is 0.900. The first-order valence-electron chi connectivity index (χ1n) is 14.3. The third-order valence-electron chi connectivity index (χ3n) is 11.5. The normalized spacial score (nSPS) is 45.4. The second-order valence-electron chi connectivity index (χ2n) is 13.0. The van der Waals surface area contributed by atoms with E-state index in [1.54, 1.807) is 6.92 Å². The summed E-state index contributed by atoms with van der Waals surface area (Å²) >= 11 is 0. The molecule has 0 aliphatic heterocycles. The van der Waals surface area contributed by atoms with Gasteiger partial charge in [-0.25, -0.2) is 0 Å². The predicted molar refractivity (Wildman–Crippen MR) is 135 cm³/mol. The van der Waals surface area contributed by atoms with Crippen LogP contribution in [-0.2, 0) is 23.9 Å². The van der Waals surface area contributed by atoms with Crippen LogP contribution in [0, 0.1) is 52.3 Å². The molecule has 198 valence electrons. The van der Waals surface area contributed by atoms with Crippen molar-refractivity contribution >= 4 is 18.2 Å². The Morgan fingerprint density at radius 3 is 2.23 bits per heavy atom. The van der Waals surface area contributed by atoms with Crippen molar-refractivity contribution in [2.45, 2.75) is 118 Å². The molecule has 0 aromatic rings. The van der Waals surface area contributed by atoms with Crippen LogP contribution < -0.4 is 0 Å². The summed E-state index contributed by atoms with van der Waals surface area (Å²) in [5.41, 5.74) is 0.444. The number of ether oxygens (including phenoxy) is 2. The van der Waals surface area contributed by atoms with Crippen LogP contribution in [0.3, 0.4) is 0 Å². The summed E-state index contributed by atoms with van der Waals surface area (Å²) in [6.45, 7) is 12.7. The quantitative estimate of drug-likeness (QED) is 0.308. The summed E-state index contributed by atoms with van der Waals surface area (Å²) in [6, 6.07) is 0. The highest BCUT2D eigenvalue weighted by Gasteiger charge is 2.66. The average molecular weight is 489 g/mol. The summed E-state index contributed by atoms with van der Waals surface area (Å²) in [4.78, 5) is 35.2. The molecule has 0 heterocycles. The molecule has 0 spiro atoms. The Morgan fingerprint density at radius 1 is 0.943 bits per heavy atom. The van der Waals surface area contributed by atoms with Gasteiger partial charge in [-0.3, -0.25) is 9.59 Å². The maximum absolute atomic E-state index is 12.4. The maximum atomic E-state index is 12.4. The van der Waals surface area contributed by atoms with Gasteiger partial charge in [0.15, 0.2) is 0 Å². The summed E-state index contributed by atoms with van der Waals surface area (Å²) in [5.74, 6) is 3.05. The molecule has 0 aromatic heterocycles. The lowest BCUT2D eigenvalue weighted by molar-refractivity contribution is -0.219. The molecule has 35 heavy (non-hydrogen) atoms. The number of hydrogen-bond acceptors (Lipinski definition) is 5. The molecule has 4 fully saturated rings. The molecule has 4 aliphatic rings. The van der Waals surface area contributed by atoms with Crippen LogP contribution in [0.5, 0.6) is 0 Å². The zero-order chi connectivity index (χ0) is 25.5. The molecule has 11 atom stereocenters. The number of hydrogen-bond donors (Lipinski definition) is 0. The van der Waals surface area contributed by atoms with Crippen LogP contribution in [0.1, 0.15) is 106 Å². The van der Waals surface area contributed by atoms with Crippen molar-refractivity contribution in [1.82, 2.24) is 0 Å². The topological polar surface area (TPSA) is 69.7 Å². The minimum atomic E-state index is -0.189. The lowest BCUT2D eigenvalue weighted by Crippen LogP contribution is -2.63. The van der Waals surface area contributed by atoms with Crippen molar-refractivity contribution in [3.63, 3.8) is 0 Å². The van der Waals surface area contributed by atoms with Crippen LogP contribution in [0.15, 0.2) is 0 Å². The van der Waals surface area contributed by atoms with Crippen molar-refractivity contribution in [1.29, 1.82) is 0 Å². The molecule has 5 unspecified atom stereocenters. The van der Waals surface area contributed by atoms with Crippen molar-refractivity contribution in [3.05, 3.63) is 0 Å². The van der Waals surface area contributed by atoms with Crippen molar-refractivity contribution in [2.24, 2.45) is 52.3 Å². The van der Waals surface area contributed by atoms with Gasteiger partial charge in [-0.1, -0.05) is 27.7 Å². The van der Waals surface area contributed by atoms with Crippen LogP contribution in [0.2, 0.25) is 0 Å². The number of carbonyl (C=O) groups is 3. The zero-order valence-corrected chi connectivity index (χ0v) is 22.9. The van der Waals surface area contributed by atoms with Gasteiger partial charge in [0.1, 0.15) is 18.5 Å². The molecule has 0 saturated heterocycles. The van der Waals surface area contributed by atoms with E-state index in [0.29, 0.717) is 47.8 Å². The van der Waals surface area contributed by atoms with Gasteiger partial charge in [-0.2, -0.15) is 0 Å². The van der Waals surface area contributed by atoms with Gasteiger partial charge < -0.3 is 14.3 Å². The molecule has 0 N–H and O–H groups in total. The van der Waals surface area contributed by atoms with Gasteiger partial charge in [0.05, 0.1) is 0 Å². The Kier molecular flexibility index (Phi) is 7.75. The molecule has 4 saturated carbocycles. The van der Waals surface area contributed by atoms with Crippen LogP contribution in [-0.4, -0.2) is 30.4 Å². The second kappa shape index (κ2) is 10.2. The Balaban J connectivity index is 1.69. The standard InChI is InChI=1S/C30H48O5/c1-7-22-26-17-21(34-19(3)32)12-14-30(26,6)25-13-15-29(5)23(18(2)9-8-16-31)10-11-24(29)27(25)28(22)35-20(4)33/h16,18,21-28H,7-15,17H2,1-6H3/t18-,21-,22-,23?,24+,25+,26?,27?,28-,29?,30?/m1/s1. The maximum Gasteiger partial charge on any atom is 0.302 e. The highest BCUT2D eigenvalue weighted by Crippen LogP contribution is 2.70. The monoisotopic (exact) mass is 488 g/mol. The lowest BCUT2D eigenvalue weighted by atomic mass is 9.41. The Bertz CT molecular complexity index is 809. The first kappa shape index (κ1) is 26.7. The van der Waals surface area contributed by atoms with E-state index in [9.17, 15) is 14.4 Å². The molecule has 4 rings (SSSR count). The average Bonchev–Trinajstić information content (AvgIpc) is 3.15. The predicted octanol–water partition coefficient (Wildman–Crippen LogP) is 6.37. The van der Waals surface area contributed by atoms with E-state index in [2.05, 4.69) is 27.7 Å². The summed E-state index contributed by atoms with van der Waals surface area (Å²) in [6.07, 6.45) is 11.4. The fourth-order valence-corrected chi connectivity index (χ4v) is 10.1. The van der Waals surface area contributed by atoms with Gasteiger partial charge in [0, 0.05) is 26.2 Å². The number of carbonyl (C=O) groups excluding carboxylic acids is 3. The second-order valence-corrected chi connectivity index (χ2v) is 13.0. The van der Waals surface area contributed by atoms with Gasteiger partial charge in [0.25, 0.3) is 0 Å². The Labute approximate surface area is 212 Å². The van der Waals surface area contributed by atoms with Crippen molar-refractivity contribution in [2.75, 3.05) is 0 Å². The minimum absolute atomic E-state index is 0.0162. The van der Waals surface area contributed by atoms with E-state index in [0.717, 1.165) is 38.4 Å². The third kappa shape index (κ3) is 4.59. The number of fused-ring (bicyclic) bond motifs is 5. The molecule has 0 amide bonds. The van der Waals surface area contributed by atoms with Gasteiger partial charge in [-0.15, -0.1) is 0 Å². The number of aldehydes is 1. The van der Waals surface area contributed by atoms with Crippen LogP contribution in [0.4, 0.5) is 0 Å². The van der Waals surface area contributed by atoms with Crippen LogP contribution in [0.25, 0.3) is 0 Å².